The Balaban J connectivity index is -0.0000000655. The topological polar surface area (TPSA) is 115 Å². The monoisotopic (exact) mass is 459 g/mol. The van der Waals surface area contributed by atoms with Crippen molar-refractivity contribution in [2.24, 2.45) is 0 Å². The van der Waals surface area contributed by atoms with E-state index < -0.39 is 17.9 Å². The minimum absolute atomic E-state index is 0. The molecule has 0 rings (SSSR count). The molecule has 0 bridgehead atoms. The van der Waals surface area contributed by atoms with Gasteiger partial charge in [-0.2, -0.15) is 0 Å². The number of carbonyl (C=O) groups excluding carboxylic acids is 1. The van der Waals surface area contributed by atoms with Gasteiger partial charge in [0.05, 0.1) is 0 Å². The SMILES string of the molecule is CCC(=O)O.CCC(=O)O.CCC(=O)[O-].[U]. The number of carbonyl (C=O) groups is 3. The molecule has 0 aromatic rings. The fraction of sp³-hybridized carbons (Fsp3) is 0.667. The van der Waals surface area contributed by atoms with Crippen molar-refractivity contribution < 1.29 is 60.8 Å². The molecule has 0 aliphatic heterocycles. The number of carboxylic acids is 3. The Morgan fingerprint density at radius 1 is 0.875 bits per heavy atom. The summed E-state index contributed by atoms with van der Waals surface area (Å²) >= 11 is 0. The van der Waals surface area contributed by atoms with E-state index in [1.807, 2.05) is 0 Å². The maximum atomic E-state index is 9.37. The summed E-state index contributed by atoms with van der Waals surface area (Å²) in [6, 6.07) is 0. The number of rotatable bonds is 3. The van der Waals surface area contributed by atoms with Crippen LogP contribution in [0.2, 0.25) is 0 Å². The van der Waals surface area contributed by atoms with Crippen LogP contribution >= 0.6 is 0 Å². The molecule has 0 fully saturated rings. The largest absolute Gasteiger partial charge is 0.550 e. The molecule has 0 amide bonds. The summed E-state index contributed by atoms with van der Waals surface area (Å²) < 4.78 is 0. The van der Waals surface area contributed by atoms with Gasteiger partial charge < -0.3 is 20.1 Å². The summed E-state index contributed by atoms with van der Waals surface area (Å²) in [4.78, 5) is 28.0. The van der Waals surface area contributed by atoms with Gasteiger partial charge >= 0.3 is 11.9 Å². The average Bonchev–Trinajstić information content (AvgIpc) is 2.19. The van der Waals surface area contributed by atoms with Crippen LogP contribution in [0.1, 0.15) is 40.0 Å². The van der Waals surface area contributed by atoms with E-state index in [-0.39, 0.29) is 50.4 Å². The second-order valence-electron chi connectivity index (χ2n) is 2.22. The van der Waals surface area contributed by atoms with Crippen LogP contribution in [0.15, 0.2) is 0 Å². The molecule has 0 aliphatic carbocycles. The quantitative estimate of drug-likeness (QED) is 0.620. The molecule has 0 aromatic carbocycles. The molecule has 0 radical (unpaired) electrons. The molecule has 0 aliphatic rings. The molecule has 7 heteroatoms. The van der Waals surface area contributed by atoms with Crippen molar-refractivity contribution in [2.75, 3.05) is 0 Å². The molecule has 0 atom stereocenters. The van der Waals surface area contributed by atoms with Crippen molar-refractivity contribution in [1.82, 2.24) is 0 Å². The van der Waals surface area contributed by atoms with E-state index in [4.69, 9.17) is 10.2 Å². The smallest absolute Gasteiger partial charge is 0.303 e. The van der Waals surface area contributed by atoms with Crippen molar-refractivity contribution in [3.8, 4) is 0 Å². The van der Waals surface area contributed by atoms with Gasteiger partial charge in [-0.05, 0) is 6.42 Å². The standard InChI is InChI=1S/3C3H6O2.U/c3*1-2-3(4)5;/h3*2H2,1H3,(H,4,5);/p-1. The van der Waals surface area contributed by atoms with Crippen molar-refractivity contribution in [2.45, 2.75) is 40.0 Å². The van der Waals surface area contributed by atoms with Gasteiger partial charge in [-0.25, -0.2) is 0 Å². The minimum Gasteiger partial charge on any atom is -0.550 e. The Kier molecular flexibility index (Phi) is 30.7. The molecule has 94 valence electrons. The molecule has 0 saturated carbocycles. The molecular weight excluding hydrogens is 442 g/mol. The molecule has 0 heterocycles. The average molecular weight is 459 g/mol. The van der Waals surface area contributed by atoms with Crippen LogP contribution in [0.4, 0.5) is 0 Å². The first kappa shape index (κ1) is 24.6. The normalized spacial score (nSPS) is 6.94. The summed E-state index contributed by atoms with van der Waals surface area (Å²) in [6.45, 7) is 4.74. The Labute approximate surface area is 118 Å². The number of hydrogen-bond acceptors (Lipinski definition) is 4. The van der Waals surface area contributed by atoms with E-state index in [2.05, 4.69) is 0 Å². The summed E-state index contributed by atoms with van der Waals surface area (Å²) in [7, 11) is 0. The van der Waals surface area contributed by atoms with Gasteiger partial charge in [-0.1, -0.05) is 20.8 Å². The van der Waals surface area contributed by atoms with Crippen LogP contribution in [-0.4, -0.2) is 28.1 Å². The van der Waals surface area contributed by atoms with E-state index in [1.165, 1.54) is 6.92 Å². The predicted molar refractivity (Wildman–Crippen MR) is 51.2 cm³/mol. The van der Waals surface area contributed by atoms with Crippen molar-refractivity contribution in [3.63, 3.8) is 0 Å². The molecule has 0 saturated heterocycles. The minimum atomic E-state index is -0.995. The Hall–Kier alpha value is -0.538. The molecule has 0 unspecified atom stereocenters. The van der Waals surface area contributed by atoms with E-state index in [9.17, 15) is 19.5 Å². The van der Waals surface area contributed by atoms with Crippen molar-refractivity contribution >= 4 is 17.9 Å². The summed E-state index contributed by atoms with van der Waals surface area (Å²) in [5, 5.41) is 24.7. The van der Waals surface area contributed by atoms with Crippen LogP contribution in [0.25, 0.3) is 0 Å². The van der Waals surface area contributed by atoms with E-state index in [0.29, 0.717) is 0 Å². The van der Waals surface area contributed by atoms with E-state index in [0.717, 1.165) is 0 Å². The maximum absolute atomic E-state index is 9.37. The van der Waals surface area contributed by atoms with Crippen LogP contribution in [0.3, 0.4) is 0 Å². The van der Waals surface area contributed by atoms with Crippen LogP contribution in [-0.2, 0) is 14.4 Å². The van der Waals surface area contributed by atoms with Gasteiger partial charge in [0, 0.05) is 49.9 Å². The zero-order valence-electron chi connectivity index (χ0n) is 9.65. The fourth-order valence-electron chi connectivity index (χ4n) is 0. The van der Waals surface area contributed by atoms with E-state index >= 15 is 0 Å². The summed E-state index contributed by atoms with van der Waals surface area (Å²) in [5.74, 6) is -2.49. The third-order valence-electron chi connectivity index (χ3n) is 0.894. The Morgan fingerprint density at radius 3 is 1.00 bits per heavy atom. The zero-order chi connectivity index (χ0) is 12.9. The van der Waals surface area contributed by atoms with Crippen LogP contribution < -0.4 is 5.11 Å². The van der Waals surface area contributed by atoms with E-state index in [1.54, 1.807) is 13.8 Å². The van der Waals surface area contributed by atoms with Crippen molar-refractivity contribution in [3.05, 3.63) is 0 Å². The van der Waals surface area contributed by atoms with Crippen LogP contribution in [0.5, 0.6) is 0 Å². The van der Waals surface area contributed by atoms with Gasteiger partial charge in [0.15, 0.2) is 0 Å². The number of carboxylic acid groups (broad SMARTS) is 3. The molecule has 6 nitrogen and oxygen atoms in total. The van der Waals surface area contributed by atoms with Gasteiger partial charge in [0.25, 0.3) is 0 Å². The second-order valence-corrected chi connectivity index (χ2v) is 2.22. The van der Waals surface area contributed by atoms with Gasteiger partial charge in [-0.3, -0.25) is 9.59 Å². The Bertz CT molecular complexity index is 159. The third-order valence-corrected chi connectivity index (χ3v) is 0.894. The van der Waals surface area contributed by atoms with Gasteiger partial charge in [-0.15, -0.1) is 0 Å². The van der Waals surface area contributed by atoms with Crippen molar-refractivity contribution in [1.29, 1.82) is 0 Å². The molecule has 2 N–H and O–H groups in total. The molecule has 16 heavy (non-hydrogen) atoms. The first-order chi connectivity index (χ1) is 6.81. The molecule has 0 spiro atoms. The van der Waals surface area contributed by atoms with Gasteiger partial charge in [0.1, 0.15) is 0 Å². The first-order valence-corrected chi connectivity index (χ1v) is 4.45. The Morgan fingerprint density at radius 2 is 1.00 bits per heavy atom. The summed E-state index contributed by atoms with van der Waals surface area (Å²) in [6.07, 6.45) is 0.556. The number of aliphatic carboxylic acids is 3. The maximum Gasteiger partial charge on any atom is 0.303 e. The predicted octanol–water partition coefficient (Wildman–Crippen LogP) is 0.108. The first-order valence-electron chi connectivity index (χ1n) is 4.45. The fourth-order valence-corrected chi connectivity index (χ4v) is 0. The molecular formula is C9H17O6U-. The molecule has 0 aromatic heterocycles. The zero-order valence-corrected chi connectivity index (χ0v) is 13.8. The van der Waals surface area contributed by atoms with Gasteiger partial charge in [0.2, 0.25) is 0 Å². The number of hydrogen-bond donors (Lipinski definition) is 2. The second kappa shape index (κ2) is 19.9. The van der Waals surface area contributed by atoms with Crippen LogP contribution in [0, 0.1) is 31.1 Å². The summed E-state index contributed by atoms with van der Waals surface area (Å²) in [5.41, 5.74) is 0. The third kappa shape index (κ3) is 70.1.